The maximum atomic E-state index is 13.7. The predicted molar refractivity (Wildman–Crippen MR) is 105 cm³/mol. The molecule has 0 unspecified atom stereocenters. The minimum Gasteiger partial charge on any atom is -0.338 e. The van der Waals surface area contributed by atoms with E-state index in [2.05, 4.69) is 25.3 Å². The Morgan fingerprint density at radius 3 is 2.93 bits per heavy atom. The first-order chi connectivity index (χ1) is 14.1. The summed E-state index contributed by atoms with van der Waals surface area (Å²) < 4.78 is 19.1. The second-order valence-electron chi connectivity index (χ2n) is 7.28. The van der Waals surface area contributed by atoms with Crippen molar-refractivity contribution in [1.82, 2.24) is 20.0 Å². The van der Waals surface area contributed by atoms with Crippen LogP contribution in [0.1, 0.15) is 24.3 Å². The molecule has 1 saturated heterocycles. The number of halogens is 1. The van der Waals surface area contributed by atoms with E-state index in [0.29, 0.717) is 36.1 Å². The molecular weight excluding hydrogens is 373 g/mol. The number of carbonyl (C=O) groups is 1. The van der Waals surface area contributed by atoms with E-state index in [1.54, 1.807) is 31.5 Å². The van der Waals surface area contributed by atoms with E-state index in [1.165, 1.54) is 6.07 Å². The number of rotatable bonds is 5. The van der Waals surface area contributed by atoms with Gasteiger partial charge < -0.3 is 9.84 Å². The lowest BCUT2D eigenvalue weighted by Gasteiger charge is -2.30. The van der Waals surface area contributed by atoms with Crippen LogP contribution in [0.4, 0.5) is 10.1 Å². The molecule has 4 rings (SSSR count). The second-order valence-corrected chi connectivity index (χ2v) is 7.28. The third-order valence-corrected chi connectivity index (χ3v) is 5.08. The summed E-state index contributed by atoms with van der Waals surface area (Å²) in [5.41, 5.74) is 1.88. The van der Waals surface area contributed by atoms with E-state index in [1.807, 2.05) is 12.1 Å². The fourth-order valence-electron chi connectivity index (χ4n) is 3.46. The van der Waals surface area contributed by atoms with Gasteiger partial charge in [-0.15, -0.1) is 0 Å². The average Bonchev–Trinajstić information content (AvgIpc) is 3.20. The molecule has 2 aromatic heterocycles. The molecule has 0 bridgehead atoms. The zero-order chi connectivity index (χ0) is 20.2. The minimum atomic E-state index is -0.325. The van der Waals surface area contributed by atoms with Crippen LogP contribution in [-0.2, 0) is 11.3 Å². The van der Waals surface area contributed by atoms with E-state index in [4.69, 9.17) is 4.52 Å². The normalized spacial score (nSPS) is 17.2. The van der Waals surface area contributed by atoms with Gasteiger partial charge in [-0.2, -0.15) is 4.98 Å². The molecule has 1 aromatic carbocycles. The summed E-state index contributed by atoms with van der Waals surface area (Å²) in [6.07, 6.45) is 5.05. The van der Waals surface area contributed by atoms with Crippen LogP contribution in [0.25, 0.3) is 11.4 Å². The van der Waals surface area contributed by atoms with Gasteiger partial charge in [0.2, 0.25) is 17.6 Å². The Morgan fingerprint density at radius 2 is 2.14 bits per heavy atom. The Kier molecular flexibility index (Phi) is 5.62. The molecule has 7 nitrogen and oxygen atoms in total. The fourth-order valence-corrected chi connectivity index (χ4v) is 3.46. The zero-order valence-corrected chi connectivity index (χ0v) is 16.1. The Hall–Kier alpha value is -3.13. The largest absolute Gasteiger partial charge is 0.338 e. The summed E-state index contributed by atoms with van der Waals surface area (Å²) in [4.78, 5) is 23.2. The van der Waals surface area contributed by atoms with E-state index < -0.39 is 0 Å². The fraction of sp³-hybridized carbons (Fsp3) is 0.333. The van der Waals surface area contributed by atoms with Crippen LogP contribution in [0.5, 0.6) is 0 Å². The number of hydrogen-bond donors (Lipinski definition) is 1. The van der Waals surface area contributed by atoms with Gasteiger partial charge in [-0.05, 0) is 56.1 Å². The van der Waals surface area contributed by atoms with E-state index >= 15 is 0 Å². The molecule has 0 spiro atoms. The number of carbonyl (C=O) groups excluding carboxylic acids is 1. The molecular formula is C21H22FN5O2. The van der Waals surface area contributed by atoms with Crippen LogP contribution < -0.4 is 5.32 Å². The number of likely N-dealkylation sites (tertiary alicyclic amines) is 1. The lowest BCUT2D eigenvalue weighted by atomic mass is 9.97. The smallest absolute Gasteiger partial charge is 0.241 e. The van der Waals surface area contributed by atoms with Crippen LogP contribution >= 0.6 is 0 Å². The summed E-state index contributed by atoms with van der Waals surface area (Å²) in [5.74, 6) is 0.444. The number of aromatic nitrogens is 3. The first kappa shape index (κ1) is 19.2. The molecule has 1 aliphatic heterocycles. The third-order valence-electron chi connectivity index (χ3n) is 5.08. The molecule has 3 heterocycles. The number of nitrogens with zero attached hydrogens (tertiary/aromatic N) is 4. The number of aryl methyl sites for hydroxylation is 1. The second kappa shape index (κ2) is 8.48. The monoisotopic (exact) mass is 395 g/mol. The van der Waals surface area contributed by atoms with Crippen molar-refractivity contribution >= 4 is 11.6 Å². The first-order valence-electron chi connectivity index (χ1n) is 9.61. The first-order valence-corrected chi connectivity index (χ1v) is 9.61. The average molecular weight is 395 g/mol. The quantitative estimate of drug-likeness (QED) is 0.713. The molecule has 0 saturated carbocycles. The van der Waals surface area contributed by atoms with E-state index in [9.17, 15) is 9.18 Å². The molecule has 1 N–H and O–H groups in total. The summed E-state index contributed by atoms with van der Waals surface area (Å²) in [7, 11) is 0. The zero-order valence-electron chi connectivity index (χ0n) is 16.1. The molecule has 3 aromatic rings. The molecule has 1 amide bonds. The summed E-state index contributed by atoms with van der Waals surface area (Å²) in [6, 6.07) is 8.38. The molecule has 1 fully saturated rings. The molecule has 0 aliphatic carbocycles. The van der Waals surface area contributed by atoms with Crippen molar-refractivity contribution in [2.24, 2.45) is 5.92 Å². The van der Waals surface area contributed by atoms with Crippen molar-refractivity contribution in [3.8, 4) is 11.4 Å². The Morgan fingerprint density at radius 1 is 1.31 bits per heavy atom. The number of nitrogens with one attached hydrogen (secondary N) is 1. The highest BCUT2D eigenvalue weighted by Gasteiger charge is 2.27. The van der Waals surface area contributed by atoms with E-state index in [-0.39, 0.29) is 17.6 Å². The van der Waals surface area contributed by atoms with Crippen LogP contribution in [0, 0.1) is 18.7 Å². The minimum absolute atomic E-state index is 0.0963. The maximum absolute atomic E-state index is 13.7. The Bertz CT molecular complexity index is 992. The predicted octanol–water partition coefficient (Wildman–Crippen LogP) is 3.43. The number of anilines is 1. The lowest BCUT2D eigenvalue weighted by molar-refractivity contribution is -0.121. The molecule has 8 heteroatoms. The number of amides is 1. The van der Waals surface area contributed by atoms with Gasteiger partial charge >= 0.3 is 0 Å². The van der Waals surface area contributed by atoms with Crippen LogP contribution in [0.2, 0.25) is 0 Å². The number of piperidine rings is 1. The van der Waals surface area contributed by atoms with Crippen LogP contribution in [0.3, 0.4) is 0 Å². The molecule has 150 valence electrons. The van der Waals surface area contributed by atoms with Crippen LogP contribution in [0.15, 0.2) is 47.2 Å². The van der Waals surface area contributed by atoms with Gasteiger partial charge in [0.15, 0.2) is 0 Å². The molecule has 1 atom stereocenters. The van der Waals surface area contributed by atoms with Crippen molar-refractivity contribution in [1.29, 1.82) is 0 Å². The van der Waals surface area contributed by atoms with Gasteiger partial charge in [0, 0.05) is 30.2 Å². The van der Waals surface area contributed by atoms with Crippen molar-refractivity contribution < 1.29 is 13.7 Å². The highest BCUT2D eigenvalue weighted by Crippen LogP contribution is 2.22. The van der Waals surface area contributed by atoms with Crippen molar-refractivity contribution in [2.75, 3.05) is 18.4 Å². The number of pyridine rings is 1. The molecule has 1 aliphatic rings. The van der Waals surface area contributed by atoms with Gasteiger partial charge in [-0.1, -0.05) is 11.2 Å². The number of benzene rings is 1. The topological polar surface area (TPSA) is 84.2 Å². The Labute approximate surface area is 168 Å². The van der Waals surface area contributed by atoms with Crippen molar-refractivity contribution in [3.05, 3.63) is 60.0 Å². The highest BCUT2D eigenvalue weighted by molar-refractivity contribution is 5.92. The molecule has 29 heavy (non-hydrogen) atoms. The Balaban J connectivity index is 1.36. The maximum Gasteiger partial charge on any atom is 0.241 e. The van der Waals surface area contributed by atoms with Gasteiger partial charge in [-0.25, -0.2) is 4.39 Å². The standard InChI is InChI=1S/C21H22FN5O2/c1-14-4-5-17(11-18(14)22)24-21(28)16-3-2-10-27(12-16)13-19-25-20(26-29-19)15-6-8-23-9-7-15/h4-9,11,16H,2-3,10,12-13H2,1H3,(H,24,28)/t16-/m0/s1. The lowest BCUT2D eigenvalue weighted by Crippen LogP contribution is -2.40. The van der Waals surface area contributed by atoms with Gasteiger partial charge in [0.1, 0.15) is 5.82 Å². The molecule has 0 radical (unpaired) electrons. The van der Waals surface area contributed by atoms with E-state index in [0.717, 1.165) is 24.9 Å². The third kappa shape index (κ3) is 4.65. The van der Waals surface area contributed by atoms with Gasteiger partial charge in [0.05, 0.1) is 12.5 Å². The SMILES string of the molecule is Cc1ccc(NC(=O)[C@H]2CCCN(Cc3nc(-c4ccncc4)no3)C2)cc1F. The van der Waals surface area contributed by atoms with Gasteiger partial charge in [0.25, 0.3) is 0 Å². The van der Waals surface area contributed by atoms with Crippen molar-refractivity contribution in [3.63, 3.8) is 0 Å². The van der Waals surface area contributed by atoms with Gasteiger partial charge in [-0.3, -0.25) is 14.7 Å². The van der Waals surface area contributed by atoms with Crippen molar-refractivity contribution in [2.45, 2.75) is 26.3 Å². The summed E-state index contributed by atoms with van der Waals surface area (Å²) >= 11 is 0. The van der Waals surface area contributed by atoms with Crippen LogP contribution in [-0.4, -0.2) is 39.0 Å². The number of hydrogen-bond acceptors (Lipinski definition) is 6. The summed E-state index contributed by atoms with van der Waals surface area (Å²) in [6.45, 7) is 3.63. The summed E-state index contributed by atoms with van der Waals surface area (Å²) in [5, 5.41) is 6.85. The highest BCUT2D eigenvalue weighted by atomic mass is 19.1.